The van der Waals surface area contributed by atoms with Crippen LogP contribution in [0.25, 0.3) is 6.08 Å². The summed E-state index contributed by atoms with van der Waals surface area (Å²) in [6.07, 6.45) is 1.33. The number of nitrogens with one attached hydrogen (secondary N) is 1. The number of nitro benzene ring substituents is 1. The van der Waals surface area contributed by atoms with Crippen molar-refractivity contribution >= 4 is 74.4 Å². The summed E-state index contributed by atoms with van der Waals surface area (Å²) in [4.78, 5) is 50.2. The van der Waals surface area contributed by atoms with Gasteiger partial charge in [0.2, 0.25) is 0 Å². The third-order valence-electron chi connectivity index (χ3n) is 6.70. The number of imide groups is 2. The van der Waals surface area contributed by atoms with Crippen LogP contribution in [0.15, 0.2) is 88.9 Å². The number of amides is 4. The summed E-state index contributed by atoms with van der Waals surface area (Å²) in [5, 5.41) is 14.1. The van der Waals surface area contributed by atoms with Crippen molar-refractivity contribution in [2.24, 2.45) is 0 Å². The third-order valence-corrected chi connectivity index (χ3v) is 7.88. The highest BCUT2D eigenvalue weighted by molar-refractivity contribution is 9.10. The average Bonchev–Trinajstić information content (AvgIpc) is 3.02. The Morgan fingerprint density at radius 1 is 0.935 bits per heavy atom. The Balaban J connectivity index is 1.32. The van der Waals surface area contributed by atoms with Crippen LogP contribution >= 0.6 is 39.1 Å². The molecule has 4 aromatic rings. The van der Waals surface area contributed by atoms with Gasteiger partial charge >= 0.3 is 6.03 Å². The largest absolute Gasteiger partial charge is 0.493 e. The number of nitrogens with zero attached hydrogens (tertiary/aromatic N) is 2. The van der Waals surface area contributed by atoms with Crippen LogP contribution in [0.2, 0.25) is 10.0 Å². The molecule has 5 rings (SSSR count). The first-order valence-electron chi connectivity index (χ1n) is 13.4. The summed E-state index contributed by atoms with van der Waals surface area (Å²) in [6, 6.07) is 19.4. The quantitative estimate of drug-likeness (QED) is 0.0768. The molecule has 1 heterocycles. The molecule has 234 valence electrons. The number of carbonyl (C=O) groups is 3. The molecule has 4 amide bonds. The minimum Gasteiger partial charge on any atom is -0.493 e. The number of anilines is 1. The Kier molecular flexibility index (Phi) is 9.90. The van der Waals surface area contributed by atoms with Crippen molar-refractivity contribution in [1.82, 2.24) is 5.32 Å². The van der Waals surface area contributed by atoms with E-state index in [1.54, 1.807) is 54.6 Å². The van der Waals surface area contributed by atoms with Crippen LogP contribution in [0.4, 0.5) is 16.2 Å². The highest BCUT2D eigenvalue weighted by atomic mass is 79.9. The van der Waals surface area contributed by atoms with Crippen LogP contribution in [-0.4, -0.2) is 29.9 Å². The number of urea groups is 1. The average molecular weight is 727 g/mol. The van der Waals surface area contributed by atoms with E-state index in [1.807, 2.05) is 0 Å². The summed E-state index contributed by atoms with van der Waals surface area (Å²) in [6.45, 7) is 0.254. The number of carbonyl (C=O) groups excluding carboxylic acids is 3. The van der Waals surface area contributed by atoms with Gasteiger partial charge in [0.25, 0.3) is 17.5 Å². The summed E-state index contributed by atoms with van der Waals surface area (Å²) >= 11 is 15.6. The van der Waals surface area contributed by atoms with Gasteiger partial charge in [-0.1, -0.05) is 29.3 Å². The van der Waals surface area contributed by atoms with E-state index in [2.05, 4.69) is 21.2 Å². The minimum atomic E-state index is -0.900. The van der Waals surface area contributed by atoms with E-state index in [1.165, 1.54) is 37.5 Å². The maximum Gasteiger partial charge on any atom is 0.335 e. The van der Waals surface area contributed by atoms with Crippen molar-refractivity contribution in [3.8, 4) is 17.2 Å². The molecule has 1 aliphatic heterocycles. The van der Waals surface area contributed by atoms with Gasteiger partial charge in [0.05, 0.1) is 22.2 Å². The van der Waals surface area contributed by atoms with E-state index in [0.717, 1.165) is 10.5 Å². The molecular formula is C32H22BrCl2N3O8. The van der Waals surface area contributed by atoms with E-state index in [4.69, 9.17) is 37.4 Å². The Labute approximate surface area is 280 Å². The molecule has 0 bridgehead atoms. The molecule has 0 unspecified atom stereocenters. The standard InChI is InChI=1S/C32H22BrCl2N3O8/c1-44-28-14-19(13-26(33)29(28)46-16-18-2-6-23(7-3-18)38(42)43)12-25-30(39)36-32(41)37(31(25)40)22-8-10-24(11-9-22)45-17-20-4-5-21(34)15-27(20)35/h2-15H,16-17H2,1H3,(H,36,39,41)/b25-12+. The Morgan fingerprint density at radius 2 is 1.65 bits per heavy atom. The molecule has 1 N–H and O–H groups in total. The summed E-state index contributed by atoms with van der Waals surface area (Å²) in [5.74, 6) is -0.613. The molecule has 0 saturated carbocycles. The zero-order valence-electron chi connectivity index (χ0n) is 23.8. The van der Waals surface area contributed by atoms with E-state index in [0.29, 0.717) is 37.1 Å². The second-order valence-electron chi connectivity index (χ2n) is 9.72. The number of methoxy groups -OCH3 is 1. The highest BCUT2D eigenvalue weighted by Crippen LogP contribution is 2.38. The second kappa shape index (κ2) is 14.0. The Bertz CT molecular complexity index is 1880. The number of non-ortho nitro benzene ring substituents is 1. The van der Waals surface area contributed by atoms with E-state index < -0.39 is 22.8 Å². The Hall–Kier alpha value is -4.91. The van der Waals surface area contributed by atoms with Crippen LogP contribution in [0.5, 0.6) is 17.2 Å². The molecule has 0 spiro atoms. The molecule has 1 fully saturated rings. The van der Waals surface area contributed by atoms with Crippen molar-refractivity contribution < 1.29 is 33.5 Å². The van der Waals surface area contributed by atoms with Gasteiger partial charge in [0, 0.05) is 27.7 Å². The fourth-order valence-electron chi connectivity index (χ4n) is 4.38. The van der Waals surface area contributed by atoms with Gasteiger partial charge in [0.15, 0.2) is 11.5 Å². The van der Waals surface area contributed by atoms with Gasteiger partial charge in [0.1, 0.15) is 24.5 Å². The molecule has 4 aromatic carbocycles. The van der Waals surface area contributed by atoms with Gasteiger partial charge in [-0.2, -0.15) is 0 Å². The van der Waals surface area contributed by atoms with Crippen molar-refractivity contribution in [2.75, 3.05) is 12.0 Å². The van der Waals surface area contributed by atoms with Gasteiger partial charge in [-0.15, -0.1) is 0 Å². The van der Waals surface area contributed by atoms with Gasteiger partial charge in [-0.05, 0) is 93.8 Å². The molecule has 1 aliphatic rings. The number of hydrogen-bond donors (Lipinski definition) is 1. The van der Waals surface area contributed by atoms with Crippen LogP contribution < -0.4 is 24.4 Å². The molecule has 46 heavy (non-hydrogen) atoms. The summed E-state index contributed by atoms with van der Waals surface area (Å²) in [7, 11) is 1.42. The van der Waals surface area contributed by atoms with Gasteiger partial charge < -0.3 is 14.2 Å². The zero-order valence-corrected chi connectivity index (χ0v) is 26.9. The van der Waals surface area contributed by atoms with Gasteiger partial charge in [-0.25, -0.2) is 9.69 Å². The normalized spacial score (nSPS) is 13.9. The SMILES string of the molecule is COc1cc(/C=C2\C(=O)NC(=O)N(c3ccc(OCc4ccc(Cl)cc4Cl)cc3)C2=O)cc(Br)c1OCc1ccc([N+](=O)[O-])cc1. The topological polar surface area (TPSA) is 137 Å². The molecule has 0 radical (unpaired) electrons. The molecule has 0 aliphatic carbocycles. The molecule has 1 saturated heterocycles. The van der Waals surface area contributed by atoms with E-state index >= 15 is 0 Å². The fraction of sp³-hybridized carbons (Fsp3) is 0.0938. The summed E-state index contributed by atoms with van der Waals surface area (Å²) < 4.78 is 17.6. The number of hydrogen-bond acceptors (Lipinski definition) is 8. The fourth-order valence-corrected chi connectivity index (χ4v) is 5.42. The number of benzene rings is 4. The van der Waals surface area contributed by atoms with E-state index in [9.17, 15) is 24.5 Å². The van der Waals surface area contributed by atoms with Crippen LogP contribution in [0.1, 0.15) is 16.7 Å². The number of nitro groups is 1. The van der Waals surface area contributed by atoms with Crippen molar-refractivity contribution in [3.63, 3.8) is 0 Å². The first-order chi connectivity index (χ1) is 22.0. The lowest BCUT2D eigenvalue weighted by molar-refractivity contribution is -0.384. The maximum absolute atomic E-state index is 13.5. The first kappa shape index (κ1) is 32.5. The molecular weight excluding hydrogens is 705 g/mol. The van der Waals surface area contributed by atoms with Crippen LogP contribution in [-0.2, 0) is 22.8 Å². The second-order valence-corrected chi connectivity index (χ2v) is 11.4. The van der Waals surface area contributed by atoms with Gasteiger partial charge in [-0.3, -0.25) is 25.0 Å². The van der Waals surface area contributed by atoms with Crippen LogP contribution in [0, 0.1) is 10.1 Å². The Morgan fingerprint density at radius 3 is 2.30 bits per heavy atom. The highest BCUT2D eigenvalue weighted by Gasteiger charge is 2.37. The predicted octanol–water partition coefficient (Wildman–Crippen LogP) is 7.50. The first-order valence-corrected chi connectivity index (χ1v) is 14.9. The molecule has 0 atom stereocenters. The van der Waals surface area contributed by atoms with Crippen molar-refractivity contribution in [2.45, 2.75) is 13.2 Å². The predicted molar refractivity (Wildman–Crippen MR) is 174 cm³/mol. The maximum atomic E-state index is 13.5. The lowest BCUT2D eigenvalue weighted by Crippen LogP contribution is -2.54. The minimum absolute atomic E-state index is 0.0384. The smallest absolute Gasteiger partial charge is 0.335 e. The number of halogens is 3. The monoisotopic (exact) mass is 725 g/mol. The summed E-state index contributed by atoms with van der Waals surface area (Å²) in [5.41, 5.74) is 1.71. The molecule has 14 heteroatoms. The third kappa shape index (κ3) is 7.31. The molecule has 11 nitrogen and oxygen atoms in total. The number of rotatable bonds is 10. The molecule has 0 aromatic heterocycles. The lowest BCUT2D eigenvalue weighted by Gasteiger charge is -2.26. The van der Waals surface area contributed by atoms with Crippen molar-refractivity contribution in [3.05, 3.63) is 126 Å². The van der Waals surface area contributed by atoms with Crippen LogP contribution in [0.3, 0.4) is 0 Å². The zero-order chi connectivity index (χ0) is 33.0. The number of barbiturate groups is 1. The van der Waals surface area contributed by atoms with Crippen molar-refractivity contribution in [1.29, 1.82) is 0 Å². The lowest BCUT2D eigenvalue weighted by atomic mass is 10.1. The number of ether oxygens (including phenoxy) is 3. The van der Waals surface area contributed by atoms with E-state index in [-0.39, 0.29) is 35.9 Å².